The number of anilines is 1. The van der Waals surface area contributed by atoms with Crippen LogP contribution < -0.4 is 14.5 Å². The van der Waals surface area contributed by atoms with Gasteiger partial charge in [0.1, 0.15) is 17.5 Å². The van der Waals surface area contributed by atoms with Crippen molar-refractivity contribution in [2.75, 3.05) is 25.1 Å². The van der Waals surface area contributed by atoms with Crippen LogP contribution in [0.2, 0.25) is 0 Å². The average molecular weight is 550 g/mol. The maximum atomic E-state index is 13.9. The topological polar surface area (TPSA) is 88.9 Å². The molecule has 10 heteroatoms. The lowest BCUT2D eigenvalue weighted by Crippen LogP contribution is -2.39. The summed E-state index contributed by atoms with van der Waals surface area (Å²) in [7, 11) is 1.59. The summed E-state index contributed by atoms with van der Waals surface area (Å²) in [5.41, 5.74) is 1.36. The van der Waals surface area contributed by atoms with E-state index < -0.39 is 17.1 Å². The zero-order valence-corrected chi connectivity index (χ0v) is 22.5. The number of para-hydroxylation sites is 1. The van der Waals surface area contributed by atoms with E-state index in [2.05, 4.69) is 0 Å². The predicted octanol–water partition coefficient (Wildman–Crippen LogP) is 3.73. The number of piperidine rings is 1. The summed E-state index contributed by atoms with van der Waals surface area (Å²) in [4.78, 5) is 57.6. The van der Waals surface area contributed by atoms with Gasteiger partial charge in [-0.1, -0.05) is 53.4 Å². The highest BCUT2D eigenvalue weighted by Crippen LogP contribution is 2.54. The lowest BCUT2D eigenvalue weighted by Gasteiger charge is -2.31. The Balaban J connectivity index is 1.43. The van der Waals surface area contributed by atoms with Crippen molar-refractivity contribution < 1.29 is 19.1 Å². The minimum absolute atomic E-state index is 0.0606. The fourth-order valence-electron chi connectivity index (χ4n) is 5.64. The Morgan fingerprint density at radius 2 is 1.66 bits per heavy atom. The first-order chi connectivity index (χ1) is 18.5. The summed E-state index contributed by atoms with van der Waals surface area (Å²) >= 11 is 2.32. The SMILES string of the molecule is COc1ccc([C@H]2c3sc(=O)n(CC(=O)N4CCCCC4)c3SC3C(=O)N(c4ccccc4)C(=O)C32)cc1. The number of likely N-dealkylation sites (tertiary alicyclic amines) is 1. The number of amides is 3. The van der Waals surface area contributed by atoms with Crippen LogP contribution in [0, 0.1) is 5.92 Å². The third-order valence-corrected chi connectivity index (χ3v) is 10.1. The number of carbonyl (C=O) groups excluding carboxylic acids is 3. The fraction of sp³-hybridized carbons (Fsp3) is 0.357. The molecule has 1 aromatic heterocycles. The van der Waals surface area contributed by atoms with Crippen LogP contribution in [0.1, 0.15) is 35.6 Å². The van der Waals surface area contributed by atoms with Gasteiger partial charge in [-0.05, 0) is 49.1 Å². The molecule has 3 atom stereocenters. The number of ether oxygens (including phenoxy) is 1. The highest BCUT2D eigenvalue weighted by molar-refractivity contribution is 8.00. The average Bonchev–Trinajstić information content (AvgIpc) is 3.40. The molecule has 2 saturated heterocycles. The Bertz CT molecular complexity index is 1440. The molecule has 2 unspecified atom stereocenters. The first-order valence-electron chi connectivity index (χ1n) is 12.7. The third-order valence-electron chi connectivity index (χ3n) is 7.54. The Hall–Kier alpha value is -3.37. The first-order valence-corrected chi connectivity index (χ1v) is 14.4. The number of thioether (sulfide) groups is 1. The summed E-state index contributed by atoms with van der Waals surface area (Å²) in [6.07, 6.45) is 3.03. The molecule has 0 radical (unpaired) electrons. The van der Waals surface area contributed by atoms with Gasteiger partial charge in [0, 0.05) is 23.9 Å². The van der Waals surface area contributed by atoms with Crippen LogP contribution in [0.15, 0.2) is 64.4 Å². The molecule has 2 fully saturated rings. The number of benzene rings is 2. The van der Waals surface area contributed by atoms with Crippen LogP contribution >= 0.6 is 23.1 Å². The van der Waals surface area contributed by atoms with Crippen molar-refractivity contribution in [1.29, 1.82) is 0 Å². The fourth-order valence-corrected chi connectivity index (χ4v) is 8.41. The van der Waals surface area contributed by atoms with Gasteiger partial charge < -0.3 is 9.64 Å². The van der Waals surface area contributed by atoms with E-state index in [0.29, 0.717) is 29.6 Å². The van der Waals surface area contributed by atoms with Crippen molar-refractivity contribution in [1.82, 2.24) is 9.47 Å². The molecule has 2 aromatic carbocycles. The maximum absolute atomic E-state index is 13.9. The molecule has 3 amide bonds. The molecule has 3 aliphatic rings. The van der Waals surface area contributed by atoms with Crippen molar-refractivity contribution in [3.05, 3.63) is 74.7 Å². The Kier molecular flexibility index (Phi) is 6.61. The number of hydrogen-bond donors (Lipinski definition) is 0. The molecule has 3 aromatic rings. The molecule has 0 aliphatic carbocycles. The molecule has 3 aliphatic heterocycles. The van der Waals surface area contributed by atoms with Crippen LogP contribution in [-0.2, 0) is 20.9 Å². The molecule has 0 N–H and O–H groups in total. The van der Waals surface area contributed by atoms with Crippen molar-refractivity contribution >= 4 is 46.5 Å². The number of aromatic nitrogens is 1. The van der Waals surface area contributed by atoms with E-state index >= 15 is 0 Å². The van der Waals surface area contributed by atoms with Gasteiger partial charge in [0.15, 0.2) is 0 Å². The zero-order chi connectivity index (χ0) is 26.4. The molecular formula is C28H27N3O5S2. The largest absolute Gasteiger partial charge is 0.497 e. The second-order valence-corrected chi connectivity index (χ2v) is 11.9. The van der Waals surface area contributed by atoms with Gasteiger partial charge in [0.2, 0.25) is 17.7 Å². The van der Waals surface area contributed by atoms with E-state index in [-0.39, 0.29) is 29.1 Å². The monoisotopic (exact) mass is 549 g/mol. The molecule has 8 nitrogen and oxygen atoms in total. The summed E-state index contributed by atoms with van der Waals surface area (Å²) in [5.74, 6) is -1.15. The van der Waals surface area contributed by atoms with E-state index in [0.717, 1.165) is 41.0 Å². The molecule has 196 valence electrons. The summed E-state index contributed by atoms with van der Waals surface area (Å²) in [5, 5.41) is -0.0869. The minimum Gasteiger partial charge on any atom is -0.497 e. The third kappa shape index (κ3) is 4.16. The Morgan fingerprint density at radius 1 is 0.947 bits per heavy atom. The number of thiazole rings is 1. The van der Waals surface area contributed by atoms with Gasteiger partial charge in [0.25, 0.3) is 0 Å². The molecular weight excluding hydrogens is 522 g/mol. The van der Waals surface area contributed by atoms with Gasteiger partial charge in [-0.15, -0.1) is 0 Å². The maximum Gasteiger partial charge on any atom is 0.308 e. The molecule has 0 bridgehead atoms. The van der Waals surface area contributed by atoms with Crippen LogP contribution in [0.4, 0.5) is 5.69 Å². The number of hydrogen-bond acceptors (Lipinski definition) is 7. The van der Waals surface area contributed by atoms with E-state index in [1.54, 1.807) is 31.4 Å². The van der Waals surface area contributed by atoms with Gasteiger partial charge in [-0.25, -0.2) is 4.90 Å². The second-order valence-electron chi connectivity index (χ2n) is 9.73. The standard InChI is InChI=1S/C28H27N3O5S2/c1-36-19-12-10-17(11-13-19)21-22-23(26(34)31(25(22)33)18-8-4-2-5-9-18)37-27-24(21)38-28(35)30(27)16-20(32)29-14-6-3-7-15-29/h2,4-5,8-13,21-23H,3,6-7,14-16H2,1H3/t21-,22?,23?/m1/s1. The minimum atomic E-state index is -0.701. The second kappa shape index (κ2) is 10.1. The Labute approximate surface area is 228 Å². The highest BCUT2D eigenvalue weighted by Gasteiger charge is 2.56. The lowest BCUT2D eigenvalue weighted by molar-refractivity contribution is -0.133. The van der Waals surface area contributed by atoms with Gasteiger partial charge in [-0.3, -0.25) is 23.7 Å². The lowest BCUT2D eigenvalue weighted by atomic mass is 9.83. The van der Waals surface area contributed by atoms with Crippen LogP contribution in [0.3, 0.4) is 0 Å². The number of nitrogens with zero attached hydrogens (tertiary/aromatic N) is 3. The number of methoxy groups -OCH3 is 1. The van der Waals surface area contributed by atoms with Crippen molar-refractivity contribution in [2.24, 2.45) is 5.92 Å². The quantitative estimate of drug-likeness (QED) is 0.451. The van der Waals surface area contributed by atoms with Gasteiger partial charge >= 0.3 is 4.87 Å². The molecule has 4 heterocycles. The normalized spacial score (nSPS) is 22.8. The molecule has 6 rings (SSSR count). The van der Waals surface area contributed by atoms with Gasteiger partial charge in [0.05, 0.1) is 23.7 Å². The van der Waals surface area contributed by atoms with Crippen molar-refractivity contribution in [3.8, 4) is 5.75 Å². The van der Waals surface area contributed by atoms with Crippen LogP contribution in [0.25, 0.3) is 0 Å². The smallest absolute Gasteiger partial charge is 0.308 e. The molecule has 0 spiro atoms. The summed E-state index contributed by atoms with van der Waals surface area (Å²) < 4.78 is 6.83. The summed E-state index contributed by atoms with van der Waals surface area (Å²) in [6, 6.07) is 16.4. The van der Waals surface area contributed by atoms with Gasteiger partial charge in [-0.2, -0.15) is 0 Å². The highest BCUT2D eigenvalue weighted by atomic mass is 32.2. The zero-order valence-electron chi connectivity index (χ0n) is 20.9. The van der Waals surface area contributed by atoms with E-state index in [4.69, 9.17) is 4.74 Å². The number of carbonyl (C=O) groups is 3. The van der Waals surface area contributed by atoms with E-state index in [1.807, 2.05) is 35.2 Å². The number of fused-ring (bicyclic) bond motifs is 2. The van der Waals surface area contributed by atoms with Crippen molar-refractivity contribution in [3.63, 3.8) is 0 Å². The van der Waals surface area contributed by atoms with Crippen molar-refractivity contribution in [2.45, 2.75) is 42.0 Å². The van der Waals surface area contributed by atoms with E-state index in [9.17, 15) is 19.2 Å². The predicted molar refractivity (Wildman–Crippen MR) is 146 cm³/mol. The summed E-state index contributed by atoms with van der Waals surface area (Å²) in [6.45, 7) is 1.34. The van der Waals surface area contributed by atoms with Crippen LogP contribution in [0.5, 0.6) is 5.75 Å². The van der Waals surface area contributed by atoms with Crippen LogP contribution in [-0.4, -0.2) is 52.6 Å². The first kappa shape index (κ1) is 24.9. The van der Waals surface area contributed by atoms with E-state index in [1.165, 1.54) is 21.2 Å². The molecule has 38 heavy (non-hydrogen) atoms. The molecule has 0 saturated carbocycles. The number of rotatable bonds is 5. The Morgan fingerprint density at radius 3 is 2.34 bits per heavy atom. The number of imide groups is 1.